The lowest BCUT2D eigenvalue weighted by Crippen LogP contribution is -2.30. The van der Waals surface area contributed by atoms with Crippen LogP contribution in [0.5, 0.6) is 5.75 Å². The Kier molecular flexibility index (Phi) is 7.74. The molecule has 0 bridgehead atoms. The molecule has 44 heavy (non-hydrogen) atoms. The molecule has 2 aliphatic rings. The Morgan fingerprint density at radius 2 is 1.84 bits per heavy atom. The van der Waals surface area contributed by atoms with Crippen molar-refractivity contribution < 1.29 is 14.6 Å². The van der Waals surface area contributed by atoms with E-state index in [1.165, 1.54) is 52.2 Å². The van der Waals surface area contributed by atoms with Crippen molar-refractivity contribution in [1.29, 1.82) is 0 Å². The van der Waals surface area contributed by atoms with Crippen LogP contribution in [-0.4, -0.2) is 42.0 Å². The van der Waals surface area contributed by atoms with E-state index in [1.54, 1.807) is 11.6 Å². The van der Waals surface area contributed by atoms with Crippen molar-refractivity contribution in [3.05, 3.63) is 104 Å². The van der Waals surface area contributed by atoms with Gasteiger partial charge in [-0.05, 0) is 79.5 Å². The van der Waals surface area contributed by atoms with Gasteiger partial charge in [0.05, 0.1) is 24.1 Å². The minimum Gasteiger partial charge on any atom is -0.488 e. The van der Waals surface area contributed by atoms with Crippen LogP contribution in [0.3, 0.4) is 0 Å². The van der Waals surface area contributed by atoms with Crippen LogP contribution in [0.2, 0.25) is 0 Å². The summed E-state index contributed by atoms with van der Waals surface area (Å²) in [5.41, 5.74) is 8.65. The third-order valence-corrected chi connectivity index (χ3v) is 9.81. The van der Waals surface area contributed by atoms with Gasteiger partial charge in [-0.2, -0.15) is 0 Å². The molecule has 0 saturated carbocycles. The monoisotopic (exact) mass is 605 g/mol. The number of carboxylic acid groups (broad SMARTS) is 1. The minimum atomic E-state index is -1.02. The number of hydrogen-bond acceptors (Lipinski definition) is 7. The maximum Gasteiger partial charge on any atom is 0.354 e. The molecule has 0 unspecified atom stereocenters. The van der Waals surface area contributed by atoms with Crippen LogP contribution in [0.1, 0.15) is 61.2 Å². The summed E-state index contributed by atoms with van der Waals surface area (Å²) in [5.74, 6) is 0.265. The Hall–Kier alpha value is -4.34. The number of ether oxygens (including phenoxy) is 1. The molecule has 224 valence electrons. The lowest BCUT2D eigenvalue weighted by Gasteiger charge is -2.28. The van der Waals surface area contributed by atoms with E-state index in [1.807, 2.05) is 54.7 Å². The standard InChI is InChI=1S/C35H35N5O3S/c1-22-7-5-8-26(27-10-6-11-29(37-27)34-36-18-30(35(41)42)39(34)2)33(22)43-21-23-13-14-25-19-40(16-15-24(25)17-23)20-32-38-28-9-3-4-12-31(28)44-32/h5-8,10-11,13-14,17-18H,3-4,9,12,15-16,19-21H2,1-2H3,(H,41,42). The summed E-state index contributed by atoms with van der Waals surface area (Å²) in [7, 11) is 1.68. The molecule has 0 amide bonds. The third kappa shape index (κ3) is 5.65. The molecule has 2 aromatic carbocycles. The fourth-order valence-corrected chi connectivity index (χ4v) is 7.51. The lowest BCUT2D eigenvalue weighted by atomic mass is 9.97. The number of carbonyl (C=O) groups is 1. The normalized spacial score (nSPS) is 14.7. The molecule has 9 heteroatoms. The molecule has 0 fully saturated rings. The molecule has 8 nitrogen and oxygen atoms in total. The average molecular weight is 606 g/mol. The van der Waals surface area contributed by atoms with Gasteiger partial charge in [0.25, 0.3) is 0 Å². The smallest absolute Gasteiger partial charge is 0.354 e. The molecular weight excluding hydrogens is 570 g/mol. The first kappa shape index (κ1) is 28.4. The van der Waals surface area contributed by atoms with Gasteiger partial charge < -0.3 is 14.4 Å². The second-order valence-electron chi connectivity index (χ2n) is 11.7. The third-order valence-electron chi connectivity index (χ3n) is 8.67. The predicted molar refractivity (Wildman–Crippen MR) is 171 cm³/mol. The van der Waals surface area contributed by atoms with Gasteiger partial charge in [-0.25, -0.2) is 19.7 Å². The van der Waals surface area contributed by atoms with Gasteiger partial charge in [-0.1, -0.05) is 36.4 Å². The number of aromatic nitrogens is 4. The van der Waals surface area contributed by atoms with E-state index >= 15 is 0 Å². The molecule has 7 rings (SSSR count). The first-order chi connectivity index (χ1) is 21.4. The zero-order valence-electron chi connectivity index (χ0n) is 25.0. The highest BCUT2D eigenvalue weighted by Gasteiger charge is 2.21. The first-order valence-electron chi connectivity index (χ1n) is 15.2. The highest BCUT2D eigenvalue weighted by Crippen LogP contribution is 2.34. The SMILES string of the molecule is Cc1cccc(-c2cccc(-c3ncc(C(=O)O)n3C)n2)c1OCc1ccc2c(c1)CCN(Cc1nc3c(s1)CCCC3)C2. The number of thiazole rings is 1. The van der Waals surface area contributed by atoms with Gasteiger partial charge in [0, 0.05) is 30.6 Å². The van der Waals surface area contributed by atoms with Gasteiger partial charge in [0.15, 0.2) is 5.82 Å². The molecule has 5 aromatic rings. The van der Waals surface area contributed by atoms with Crippen molar-refractivity contribution in [2.45, 2.75) is 58.7 Å². The number of aromatic carboxylic acids is 1. The second kappa shape index (κ2) is 12.0. The van der Waals surface area contributed by atoms with E-state index in [0.29, 0.717) is 18.1 Å². The van der Waals surface area contributed by atoms with Crippen LogP contribution in [0.4, 0.5) is 0 Å². The molecule has 1 aliphatic heterocycles. The molecule has 0 spiro atoms. The van der Waals surface area contributed by atoms with Crippen LogP contribution in [-0.2, 0) is 46.0 Å². The predicted octanol–water partition coefficient (Wildman–Crippen LogP) is 6.63. The molecule has 1 N–H and O–H groups in total. The van der Waals surface area contributed by atoms with Gasteiger partial charge in [-0.15, -0.1) is 11.3 Å². The van der Waals surface area contributed by atoms with Crippen LogP contribution < -0.4 is 4.74 Å². The number of para-hydroxylation sites is 1. The number of fused-ring (bicyclic) bond motifs is 2. The largest absolute Gasteiger partial charge is 0.488 e. The lowest BCUT2D eigenvalue weighted by molar-refractivity contribution is 0.0686. The van der Waals surface area contributed by atoms with Gasteiger partial charge in [0.1, 0.15) is 28.8 Å². The Balaban J connectivity index is 1.06. The molecule has 0 radical (unpaired) electrons. The number of benzene rings is 2. The summed E-state index contributed by atoms with van der Waals surface area (Å²) < 4.78 is 8.03. The Bertz CT molecular complexity index is 1840. The van der Waals surface area contributed by atoms with Gasteiger partial charge >= 0.3 is 5.97 Å². The van der Waals surface area contributed by atoms with Crippen molar-refractivity contribution >= 4 is 17.3 Å². The van der Waals surface area contributed by atoms with Gasteiger partial charge in [-0.3, -0.25) is 4.90 Å². The van der Waals surface area contributed by atoms with Crippen molar-refractivity contribution in [2.24, 2.45) is 7.05 Å². The summed E-state index contributed by atoms with van der Waals surface area (Å²) in [4.78, 5) is 29.7. The van der Waals surface area contributed by atoms with E-state index in [0.717, 1.165) is 60.6 Å². The van der Waals surface area contributed by atoms with Crippen molar-refractivity contribution in [2.75, 3.05) is 6.54 Å². The number of pyridine rings is 1. The van der Waals surface area contributed by atoms with E-state index in [2.05, 4.69) is 28.1 Å². The molecule has 0 atom stereocenters. The van der Waals surface area contributed by atoms with Crippen molar-refractivity contribution in [1.82, 2.24) is 24.4 Å². The Morgan fingerprint density at radius 1 is 1.00 bits per heavy atom. The maximum absolute atomic E-state index is 11.5. The number of aryl methyl sites for hydroxylation is 3. The highest BCUT2D eigenvalue weighted by atomic mass is 32.1. The fraction of sp³-hybridized carbons (Fsp3) is 0.314. The van der Waals surface area contributed by atoms with Crippen molar-refractivity contribution in [3.63, 3.8) is 0 Å². The summed E-state index contributed by atoms with van der Waals surface area (Å²) in [5, 5.41) is 10.7. The zero-order valence-corrected chi connectivity index (χ0v) is 25.9. The Morgan fingerprint density at radius 3 is 2.68 bits per heavy atom. The van der Waals surface area contributed by atoms with Crippen LogP contribution >= 0.6 is 11.3 Å². The van der Waals surface area contributed by atoms with Gasteiger partial charge in [0.2, 0.25) is 0 Å². The van der Waals surface area contributed by atoms with Crippen molar-refractivity contribution in [3.8, 4) is 28.5 Å². The van der Waals surface area contributed by atoms with Crippen LogP contribution in [0, 0.1) is 6.92 Å². The maximum atomic E-state index is 11.5. The molecule has 0 saturated heterocycles. The number of imidazole rings is 1. The molecule has 1 aliphatic carbocycles. The second-order valence-corrected chi connectivity index (χ2v) is 12.9. The molecule has 3 aromatic heterocycles. The zero-order chi connectivity index (χ0) is 30.2. The quantitative estimate of drug-likeness (QED) is 0.212. The first-order valence-corrected chi connectivity index (χ1v) is 16.0. The number of rotatable bonds is 8. The highest BCUT2D eigenvalue weighted by molar-refractivity contribution is 7.11. The summed E-state index contributed by atoms with van der Waals surface area (Å²) in [6.07, 6.45) is 7.31. The van der Waals surface area contributed by atoms with E-state index in [4.69, 9.17) is 14.7 Å². The molecular formula is C35H35N5O3S. The summed E-state index contributed by atoms with van der Waals surface area (Å²) in [6, 6.07) is 18.5. The van der Waals surface area contributed by atoms with E-state index < -0.39 is 5.97 Å². The van der Waals surface area contributed by atoms with E-state index in [9.17, 15) is 9.90 Å². The number of nitrogens with zero attached hydrogens (tertiary/aromatic N) is 5. The average Bonchev–Trinajstić information content (AvgIpc) is 3.63. The number of hydrogen-bond donors (Lipinski definition) is 1. The van der Waals surface area contributed by atoms with E-state index in [-0.39, 0.29) is 5.69 Å². The van der Waals surface area contributed by atoms with Crippen LogP contribution in [0.25, 0.3) is 22.8 Å². The van der Waals surface area contributed by atoms with Crippen LogP contribution in [0.15, 0.2) is 60.8 Å². The molecule has 4 heterocycles. The Labute approximate surface area is 261 Å². The fourth-order valence-electron chi connectivity index (χ4n) is 6.31. The number of carboxylic acids is 1. The summed E-state index contributed by atoms with van der Waals surface area (Å²) >= 11 is 1.92. The minimum absolute atomic E-state index is 0.113. The summed E-state index contributed by atoms with van der Waals surface area (Å²) in [6.45, 7) is 5.43. The topological polar surface area (TPSA) is 93.4 Å².